The van der Waals surface area contributed by atoms with E-state index in [9.17, 15) is 0 Å². The van der Waals surface area contributed by atoms with E-state index < -0.39 is 0 Å². The van der Waals surface area contributed by atoms with Crippen LogP contribution in [-0.2, 0) is 0 Å². The summed E-state index contributed by atoms with van der Waals surface area (Å²) < 4.78 is 0. The zero-order valence-corrected chi connectivity index (χ0v) is 8.63. The van der Waals surface area contributed by atoms with Crippen molar-refractivity contribution in [1.82, 2.24) is 0 Å². The van der Waals surface area contributed by atoms with Crippen LogP contribution in [0.4, 0.5) is 0 Å². The minimum Gasteiger partial charge on any atom is -0.304 e. The fraction of sp³-hybridized carbons (Fsp3) is 0.556. The number of halogens is 1. The maximum atomic E-state index is 7.69. The molecule has 1 N–H and O–H groups in total. The molecule has 1 nitrogen and oxygen atoms in total. The largest absolute Gasteiger partial charge is 0.304 e. The quantitative estimate of drug-likeness (QED) is 0.538. The highest BCUT2D eigenvalue weighted by Gasteiger charge is 2.18. The Kier molecular flexibility index (Phi) is 3.41. The van der Waals surface area contributed by atoms with Gasteiger partial charge in [0.2, 0.25) is 0 Å². The van der Waals surface area contributed by atoms with Crippen molar-refractivity contribution in [3.05, 3.63) is 11.1 Å². The molecule has 0 heterocycles. The fourth-order valence-electron chi connectivity index (χ4n) is 1.35. The normalized spacial score (nSPS) is 23.2. The fourth-order valence-corrected chi connectivity index (χ4v) is 1.72. The summed E-state index contributed by atoms with van der Waals surface area (Å²) in [5.74, 6) is 0.310. The molecule has 12 heavy (non-hydrogen) atoms. The van der Waals surface area contributed by atoms with Crippen LogP contribution in [0, 0.1) is 11.3 Å². The predicted octanol–water partition coefficient (Wildman–Crippen LogP) is 3.32. The second kappa shape index (κ2) is 4.15. The van der Waals surface area contributed by atoms with Crippen molar-refractivity contribution >= 4 is 34.4 Å². The smallest absolute Gasteiger partial charge is 0.0484 e. The lowest BCUT2D eigenvalue weighted by Gasteiger charge is -2.19. The Bertz CT molecular complexity index is 245. The van der Waals surface area contributed by atoms with Gasteiger partial charge in [-0.1, -0.05) is 29.9 Å². The summed E-state index contributed by atoms with van der Waals surface area (Å²) in [6, 6.07) is 0. The van der Waals surface area contributed by atoms with Gasteiger partial charge in [-0.3, -0.25) is 0 Å². The summed E-state index contributed by atoms with van der Waals surface area (Å²) in [5.41, 5.74) is 0.616. The lowest BCUT2D eigenvalue weighted by Crippen LogP contribution is -2.20. The molecule has 66 valence electrons. The molecular formula is C9H12ClNS. The Morgan fingerprint density at radius 1 is 1.75 bits per heavy atom. The van der Waals surface area contributed by atoms with Crippen LogP contribution in [0.2, 0.25) is 0 Å². The third-order valence-corrected chi connectivity index (χ3v) is 2.71. The van der Waals surface area contributed by atoms with Crippen LogP contribution in [0.3, 0.4) is 0 Å². The van der Waals surface area contributed by atoms with E-state index in [4.69, 9.17) is 29.2 Å². The van der Waals surface area contributed by atoms with Crippen molar-refractivity contribution < 1.29 is 0 Å². The molecule has 1 unspecified atom stereocenters. The standard InChI is InChI=1S/C9H12ClNS/c1-6(12)9(11)7-2-4-8(10)5-3-7/h4,7,11H,2-3,5H2,1H3. The number of thiocarbonyl (C=S) groups is 1. The molecule has 0 aromatic heterocycles. The molecule has 0 aliphatic heterocycles. The molecule has 0 fully saturated rings. The van der Waals surface area contributed by atoms with Gasteiger partial charge in [0.15, 0.2) is 0 Å². The maximum absolute atomic E-state index is 7.69. The SMILES string of the molecule is CC(=S)C(=N)C1CC=C(Cl)CC1. The number of allylic oxidation sites excluding steroid dienone is 2. The highest BCUT2D eigenvalue weighted by Crippen LogP contribution is 2.26. The second-order valence-corrected chi connectivity index (χ2v) is 4.19. The molecular weight excluding hydrogens is 190 g/mol. The molecule has 0 saturated heterocycles. The summed E-state index contributed by atoms with van der Waals surface area (Å²) in [4.78, 5) is 0.714. The molecule has 3 heteroatoms. The molecule has 0 aromatic carbocycles. The molecule has 1 rings (SSSR count). The first-order valence-corrected chi connectivity index (χ1v) is 4.83. The van der Waals surface area contributed by atoms with Crippen molar-refractivity contribution in [2.24, 2.45) is 5.92 Å². The predicted molar refractivity (Wildman–Crippen MR) is 57.3 cm³/mol. The van der Waals surface area contributed by atoms with Crippen molar-refractivity contribution in [2.45, 2.75) is 26.2 Å². The topological polar surface area (TPSA) is 23.9 Å². The van der Waals surface area contributed by atoms with Crippen LogP contribution in [-0.4, -0.2) is 10.6 Å². The van der Waals surface area contributed by atoms with Crippen LogP contribution in [0.25, 0.3) is 0 Å². The summed E-state index contributed by atoms with van der Waals surface area (Å²) in [5, 5.41) is 8.62. The first-order valence-electron chi connectivity index (χ1n) is 4.05. The number of rotatable bonds is 2. The van der Waals surface area contributed by atoms with Gasteiger partial charge in [0.1, 0.15) is 0 Å². The van der Waals surface area contributed by atoms with Crippen molar-refractivity contribution in [3.63, 3.8) is 0 Å². The molecule has 1 aliphatic rings. The van der Waals surface area contributed by atoms with Crippen LogP contribution < -0.4 is 0 Å². The number of nitrogens with one attached hydrogen (secondary N) is 1. The van der Waals surface area contributed by atoms with Crippen molar-refractivity contribution in [3.8, 4) is 0 Å². The average molecular weight is 202 g/mol. The van der Waals surface area contributed by atoms with Gasteiger partial charge in [0.05, 0.1) is 0 Å². The molecule has 0 radical (unpaired) electrons. The zero-order chi connectivity index (χ0) is 9.14. The van der Waals surface area contributed by atoms with Gasteiger partial charge in [-0.25, -0.2) is 0 Å². The Morgan fingerprint density at radius 2 is 2.42 bits per heavy atom. The number of hydrogen-bond donors (Lipinski definition) is 1. The average Bonchev–Trinajstić information content (AvgIpc) is 2.04. The van der Waals surface area contributed by atoms with E-state index in [2.05, 4.69) is 0 Å². The van der Waals surface area contributed by atoms with Crippen LogP contribution in [0.5, 0.6) is 0 Å². The minimum atomic E-state index is 0.310. The first kappa shape index (κ1) is 9.87. The van der Waals surface area contributed by atoms with Crippen LogP contribution in [0.1, 0.15) is 26.2 Å². The molecule has 0 bridgehead atoms. The van der Waals surface area contributed by atoms with Gasteiger partial charge in [0, 0.05) is 21.5 Å². The van der Waals surface area contributed by atoms with Gasteiger partial charge in [-0.05, 0) is 26.2 Å². The summed E-state index contributed by atoms with van der Waals surface area (Å²) in [6.45, 7) is 1.82. The van der Waals surface area contributed by atoms with E-state index in [1.165, 1.54) is 0 Å². The maximum Gasteiger partial charge on any atom is 0.0484 e. The Labute approximate surface area is 83.3 Å². The monoisotopic (exact) mass is 201 g/mol. The summed E-state index contributed by atoms with van der Waals surface area (Å²) in [7, 11) is 0. The van der Waals surface area contributed by atoms with E-state index in [-0.39, 0.29) is 0 Å². The molecule has 1 aliphatic carbocycles. The van der Waals surface area contributed by atoms with Gasteiger partial charge >= 0.3 is 0 Å². The van der Waals surface area contributed by atoms with Crippen LogP contribution >= 0.6 is 23.8 Å². The van der Waals surface area contributed by atoms with E-state index in [1.54, 1.807) is 0 Å². The molecule has 0 amide bonds. The minimum absolute atomic E-state index is 0.310. The van der Waals surface area contributed by atoms with Gasteiger partial charge < -0.3 is 5.41 Å². The van der Waals surface area contributed by atoms with Crippen LogP contribution in [0.15, 0.2) is 11.1 Å². The van der Waals surface area contributed by atoms with E-state index in [1.807, 2.05) is 13.0 Å². The highest BCUT2D eigenvalue weighted by molar-refractivity contribution is 7.82. The second-order valence-electron chi connectivity index (χ2n) is 3.09. The summed E-state index contributed by atoms with van der Waals surface area (Å²) >= 11 is 10.8. The Hall–Kier alpha value is -0.210. The van der Waals surface area contributed by atoms with Gasteiger partial charge in [0.25, 0.3) is 0 Å². The Balaban J connectivity index is 2.57. The zero-order valence-electron chi connectivity index (χ0n) is 7.06. The van der Waals surface area contributed by atoms with Crippen molar-refractivity contribution in [2.75, 3.05) is 0 Å². The van der Waals surface area contributed by atoms with E-state index in [0.717, 1.165) is 24.3 Å². The van der Waals surface area contributed by atoms with Gasteiger partial charge in [-0.2, -0.15) is 0 Å². The molecule has 0 saturated carbocycles. The molecule has 1 atom stereocenters. The third kappa shape index (κ3) is 2.39. The Morgan fingerprint density at radius 3 is 2.83 bits per heavy atom. The lowest BCUT2D eigenvalue weighted by atomic mass is 9.89. The summed E-state index contributed by atoms with van der Waals surface area (Å²) in [6.07, 6.45) is 4.76. The molecule has 0 aromatic rings. The highest BCUT2D eigenvalue weighted by atomic mass is 35.5. The van der Waals surface area contributed by atoms with Gasteiger partial charge in [-0.15, -0.1) is 0 Å². The first-order chi connectivity index (χ1) is 5.61. The molecule has 0 spiro atoms. The lowest BCUT2D eigenvalue weighted by molar-refractivity contribution is 0.613. The van der Waals surface area contributed by atoms with Crippen molar-refractivity contribution in [1.29, 1.82) is 5.41 Å². The van der Waals surface area contributed by atoms with E-state index >= 15 is 0 Å². The van der Waals surface area contributed by atoms with E-state index in [0.29, 0.717) is 16.5 Å². The third-order valence-electron chi connectivity index (χ3n) is 2.14. The number of hydrogen-bond acceptors (Lipinski definition) is 2.